The number of carbonyl (C=O) groups is 1. The van der Waals surface area contributed by atoms with Crippen LogP contribution in [0, 0.1) is 0 Å². The van der Waals surface area contributed by atoms with Crippen molar-refractivity contribution in [3.63, 3.8) is 0 Å². The third kappa shape index (κ3) is 3.46. The second-order valence-electron chi connectivity index (χ2n) is 7.76. The van der Waals surface area contributed by atoms with E-state index in [9.17, 15) is 4.79 Å². The average molecular weight is 320 g/mol. The maximum Gasteiger partial charge on any atom is 0.410 e. The second-order valence-corrected chi connectivity index (χ2v) is 7.76. The van der Waals surface area contributed by atoms with Gasteiger partial charge in [0, 0.05) is 18.2 Å². The lowest BCUT2D eigenvalue weighted by Crippen LogP contribution is -2.44. The van der Waals surface area contributed by atoms with Gasteiger partial charge in [0.2, 0.25) is 0 Å². The van der Waals surface area contributed by atoms with E-state index in [4.69, 9.17) is 4.74 Å². The molecular formula is C17H28N4O2. The van der Waals surface area contributed by atoms with E-state index in [0.717, 1.165) is 24.5 Å². The summed E-state index contributed by atoms with van der Waals surface area (Å²) in [5.74, 6) is 0.938. The van der Waals surface area contributed by atoms with Crippen LogP contribution in [0.15, 0.2) is 6.07 Å². The van der Waals surface area contributed by atoms with Gasteiger partial charge in [-0.25, -0.2) is 4.79 Å². The van der Waals surface area contributed by atoms with Gasteiger partial charge in [0.1, 0.15) is 11.4 Å². The Kier molecular flexibility index (Phi) is 4.02. The van der Waals surface area contributed by atoms with Gasteiger partial charge in [-0.15, -0.1) is 0 Å². The molecule has 2 heterocycles. The first-order valence-electron chi connectivity index (χ1n) is 8.63. The molecule has 1 N–H and O–H groups in total. The normalized spacial score (nSPS) is 19.7. The van der Waals surface area contributed by atoms with Crippen LogP contribution < -0.4 is 5.32 Å². The number of aromatic nitrogens is 2. The number of fused-ring (bicyclic) bond motifs is 1. The number of hydrogen-bond donors (Lipinski definition) is 1. The van der Waals surface area contributed by atoms with Crippen LogP contribution in [-0.2, 0) is 17.8 Å². The molecule has 0 atom stereocenters. The van der Waals surface area contributed by atoms with Crippen molar-refractivity contribution in [2.24, 2.45) is 0 Å². The molecule has 1 amide bonds. The van der Waals surface area contributed by atoms with Crippen molar-refractivity contribution in [2.45, 2.75) is 77.6 Å². The minimum Gasteiger partial charge on any atom is -0.444 e. The van der Waals surface area contributed by atoms with Gasteiger partial charge in [0.05, 0.1) is 18.8 Å². The second kappa shape index (κ2) is 5.73. The molecule has 0 aromatic carbocycles. The molecule has 0 spiro atoms. The van der Waals surface area contributed by atoms with E-state index < -0.39 is 5.60 Å². The molecule has 3 rings (SSSR count). The monoisotopic (exact) mass is 320 g/mol. The first kappa shape index (κ1) is 16.1. The summed E-state index contributed by atoms with van der Waals surface area (Å²) in [6.07, 6.45) is 4.61. The van der Waals surface area contributed by atoms with E-state index in [-0.39, 0.29) is 11.6 Å². The maximum atomic E-state index is 12.2. The molecule has 1 aromatic heterocycles. The average Bonchev–Trinajstić information content (AvgIpc) is 2.82. The third-order valence-corrected chi connectivity index (χ3v) is 4.83. The third-order valence-electron chi connectivity index (χ3n) is 4.83. The molecule has 0 unspecified atom stereocenters. The first-order chi connectivity index (χ1) is 10.8. The van der Waals surface area contributed by atoms with Gasteiger partial charge >= 0.3 is 6.09 Å². The lowest BCUT2D eigenvalue weighted by atomic mass is 9.75. The Balaban J connectivity index is 1.66. The molecule has 128 valence electrons. The van der Waals surface area contributed by atoms with Gasteiger partial charge in [0.15, 0.2) is 0 Å². The van der Waals surface area contributed by atoms with Gasteiger partial charge < -0.3 is 15.0 Å². The number of ether oxygens (including phenoxy) is 1. The first-order valence-corrected chi connectivity index (χ1v) is 8.63. The number of nitrogens with one attached hydrogen (secondary N) is 1. The molecular weight excluding hydrogens is 292 g/mol. The van der Waals surface area contributed by atoms with Gasteiger partial charge in [-0.1, -0.05) is 6.92 Å². The predicted molar refractivity (Wildman–Crippen MR) is 89.4 cm³/mol. The number of amides is 1. The highest BCUT2D eigenvalue weighted by Crippen LogP contribution is 2.37. The molecule has 1 aromatic rings. The molecule has 1 aliphatic heterocycles. The van der Waals surface area contributed by atoms with Crippen molar-refractivity contribution in [1.29, 1.82) is 0 Å². The Hall–Kier alpha value is -1.72. The Labute approximate surface area is 138 Å². The molecule has 2 aliphatic rings. The van der Waals surface area contributed by atoms with Gasteiger partial charge in [0.25, 0.3) is 0 Å². The fourth-order valence-corrected chi connectivity index (χ4v) is 3.25. The lowest BCUT2D eigenvalue weighted by Gasteiger charge is -2.42. The topological polar surface area (TPSA) is 59.4 Å². The summed E-state index contributed by atoms with van der Waals surface area (Å²) < 4.78 is 7.47. The molecule has 23 heavy (non-hydrogen) atoms. The van der Waals surface area contributed by atoms with Crippen molar-refractivity contribution in [2.75, 3.05) is 11.9 Å². The maximum absolute atomic E-state index is 12.2. The molecule has 6 nitrogen and oxygen atoms in total. The van der Waals surface area contributed by atoms with Crippen LogP contribution in [0.5, 0.6) is 0 Å². The van der Waals surface area contributed by atoms with Crippen LogP contribution in [0.3, 0.4) is 0 Å². The Morgan fingerprint density at radius 3 is 2.70 bits per heavy atom. The van der Waals surface area contributed by atoms with E-state index >= 15 is 0 Å². The van der Waals surface area contributed by atoms with E-state index in [1.54, 1.807) is 4.90 Å². The van der Waals surface area contributed by atoms with E-state index in [0.29, 0.717) is 13.1 Å². The van der Waals surface area contributed by atoms with Crippen molar-refractivity contribution < 1.29 is 9.53 Å². The molecule has 0 saturated heterocycles. The highest BCUT2D eigenvalue weighted by Gasteiger charge is 2.36. The zero-order chi connectivity index (χ0) is 16.7. The van der Waals surface area contributed by atoms with Gasteiger partial charge in [-0.2, -0.15) is 5.10 Å². The zero-order valence-electron chi connectivity index (χ0n) is 14.7. The van der Waals surface area contributed by atoms with Crippen molar-refractivity contribution in [3.05, 3.63) is 11.8 Å². The number of carbonyl (C=O) groups excluding carboxylic acids is 1. The van der Waals surface area contributed by atoms with E-state index in [1.165, 1.54) is 19.3 Å². The molecule has 1 fully saturated rings. The lowest BCUT2D eigenvalue weighted by molar-refractivity contribution is 0.0194. The fourth-order valence-electron chi connectivity index (χ4n) is 3.25. The Bertz CT molecular complexity index is 578. The van der Waals surface area contributed by atoms with E-state index in [1.807, 2.05) is 25.5 Å². The van der Waals surface area contributed by atoms with Crippen LogP contribution in [0.1, 0.15) is 59.1 Å². The summed E-state index contributed by atoms with van der Waals surface area (Å²) in [5.41, 5.74) is 0.837. The predicted octanol–water partition coefficient (Wildman–Crippen LogP) is 3.38. The minimum atomic E-state index is -0.459. The van der Waals surface area contributed by atoms with E-state index in [2.05, 4.69) is 23.4 Å². The van der Waals surface area contributed by atoms with Crippen LogP contribution in [0.25, 0.3) is 0 Å². The zero-order valence-corrected chi connectivity index (χ0v) is 14.7. The Morgan fingerprint density at radius 2 is 2.13 bits per heavy atom. The largest absolute Gasteiger partial charge is 0.444 e. The molecule has 6 heteroatoms. The summed E-state index contributed by atoms with van der Waals surface area (Å²) in [4.78, 5) is 14.0. The number of hydrogen-bond acceptors (Lipinski definition) is 4. The van der Waals surface area contributed by atoms with Crippen LogP contribution in [-0.4, -0.2) is 38.5 Å². The number of anilines is 1. The highest BCUT2D eigenvalue weighted by molar-refractivity contribution is 5.68. The smallest absolute Gasteiger partial charge is 0.410 e. The summed E-state index contributed by atoms with van der Waals surface area (Å²) in [5, 5.41) is 8.28. The van der Waals surface area contributed by atoms with Crippen LogP contribution in [0.4, 0.5) is 10.6 Å². The minimum absolute atomic E-state index is 0.232. The summed E-state index contributed by atoms with van der Waals surface area (Å²) in [6, 6.07) is 2.08. The molecule has 1 aliphatic carbocycles. The molecule has 0 radical (unpaired) electrons. The van der Waals surface area contributed by atoms with Crippen molar-refractivity contribution in [3.8, 4) is 0 Å². The standard InChI is InChI=1S/C17H28N4O2/c1-5-17(7-6-8-17)18-14-11-13-12-20(9-10-21(13)19-14)15(22)23-16(2,3)4/h11H,5-10,12H2,1-4H3,(H,18,19). The van der Waals surface area contributed by atoms with Gasteiger partial charge in [-0.3, -0.25) is 4.68 Å². The number of nitrogens with zero attached hydrogens (tertiary/aromatic N) is 3. The van der Waals surface area contributed by atoms with Crippen molar-refractivity contribution in [1.82, 2.24) is 14.7 Å². The quantitative estimate of drug-likeness (QED) is 0.927. The van der Waals surface area contributed by atoms with Crippen LogP contribution >= 0.6 is 0 Å². The SMILES string of the molecule is CCC1(Nc2cc3n(n2)CCN(C(=O)OC(C)(C)C)C3)CCC1. The summed E-state index contributed by atoms with van der Waals surface area (Å²) in [6.45, 7) is 9.82. The fraction of sp³-hybridized carbons (Fsp3) is 0.765. The number of rotatable bonds is 3. The van der Waals surface area contributed by atoms with Gasteiger partial charge in [-0.05, 0) is 46.5 Å². The van der Waals surface area contributed by atoms with Crippen LogP contribution in [0.2, 0.25) is 0 Å². The molecule has 1 saturated carbocycles. The molecule has 0 bridgehead atoms. The summed E-state index contributed by atoms with van der Waals surface area (Å²) >= 11 is 0. The Morgan fingerprint density at radius 1 is 1.39 bits per heavy atom. The summed E-state index contributed by atoms with van der Waals surface area (Å²) in [7, 11) is 0. The van der Waals surface area contributed by atoms with Crippen molar-refractivity contribution >= 4 is 11.9 Å². The highest BCUT2D eigenvalue weighted by atomic mass is 16.6.